The predicted octanol–water partition coefficient (Wildman–Crippen LogP) is 3.56. The zero-order chi connectivity index (χ0) is 25.2. The van der Waals surface area contributed by atoms with E-state index < -0.39 is 0 Å². The molecule has 2 aliphatic rings. The predicted molar refractivity (Wildman–Crippen MR) is 137 cm³/mol. The monoisotopic (exact) mass is 479 g/mol. The minimum atomic E-state index is -0.230. The van der Waals surface area contributed by atoms with Crippen LogP contribution in [-0.4, -0.2) is 52.4 Å². The topological polar surface area (TPSA) is 83.5 Å². The van der Waals surface area contributed by atoms with Crippen molar-refractivity contribution in [3.05, 3.63) is 56.7 Å². The number of anilines is 1. The van der Waals surface area contributed by atoms with Crippen molar-refractivity contribution in [1.82, 2.24) is 14.0 Å². The Morgan fingerprint density at radius 2 is 1.60 bits per heavy atom. The number of rotatable bonds is 8. The molecule has 0 amide bonds. The van der Waals surface area contributed by atoms with Crippen LogP contribution in [0.2, 0.25) is 0 Å². The molecular weight excluding hydrogens is 442 g/mol. The van der Waals surface area contributed by atoms with Crippen molar-refractivity contribution in [3.63, 3.8) is 0 Å². The second kappa shape index (κ2) is 10.3. The van der Waals surface area contributed by atoms with Gasteiger partial charge in [0.05, 0.1) is 11.6 Å². The first-order valence-corrected chi connectivity index (χ1v) is 12.8. The average Bonchev–Trinajstić information content (AvgIpc) is 2.80. The number of piperazine rings is 1. The highest BCUT2D eigenvalue weighted by molar-refractivity contribution is 5.40. The smallest absolute Gasteiger partial charge is 0.333 e. The lowest BCUT2D eigenvalue weighted by Gasteiger charge is -2.44. The van der Waals surface area contributed by atoms with Crippen LogP contribution in [0.5, 0.6) is 5.75 Å². The van der Waals surface area contributed by atoms with Crippen molar-refractivity contribution in [2.24, 2.45) is 0 Å². The second-order valence-corrected chi connectivity index (χ2v) is 10.4. The molecule has 2 aromatic rings. The van der Waals surface area contributed by atoms with E-state index in [1.807, 2.05) is 39.8 Å². The van der Waals surface area contributed by atoms with Gasteiger partial charge in [0.25, 0.3) is 5.56 Å². The van der Waals surface area contributed by atoms with Gasteiger partial charge in [0.15, 0.2) is 0 Å². The van der Waals surface area contributed by atoms with Crippen molar-refractivity contribution in [2.45, 2.75) is 71.1 Å². The van der Waals surface area contributed by atoms with Gasteiger partial charge in [-0.25, -0.2) is 4.79 Å². The molecule has 0 N–H and O–H groups in total. The van der Waals surface area contributed by atoms with E-state index >= 15 is 0 Å². The quantitative estimate of drug-likeness (QED) is 0.576. The Labute approximate surface area is 207 Å². The minimum absolute atomic E-state index is 0.0287. The van der Waals surface area contributed by atoms with E-state index in [1.54, 1.807) is 22.8 Å². The van der Waals surface area contributed by atoms with Crippen LogP contribution in [0.3, 0.4) is 0 Å². The van der Waals surface area contributed by atoms with Crippen molar-refractivity contribution < 1.29 is 4.74 Å². The van der Waals surface area contributed by atoms with Crippen molar-refractivity contribution >= 4 is 5.82 Å². The molecule has 2 heterocycles. The van der Waals surface area contributed by atoms with Gasteiger partial charge in [-0.1, -0.05) is 0 Å². The highest BCUT2D eigenvalue weighted by Crippen LogP contribution is 2.39. The van der Waals surface area contributed by atoms with Crippen molar-refractivity contribution in [2.75, 3.05) is 37.6 Å². The third kappa shape index (κ3) is 5.30. The van der Waals surface area contributed by atoms with Gasteiger partial charge in [-0.2, -0.15) is 5.26 Å². The van der Waals surface area contributed by atoms with E-state index in [1.165, 1.54) is 11.0 Å². The summed E-state index contributed by atoms with van der Waals surface area (Å²) in [6, 6.07) is 11.0. The maximum Gasteiger partial charge on any atom is 0.333 e. The van der Waals surface area contributed by atoms with E-state index in [0.29, 0.717) is 5.56 Å². The minimum Gasteiger partial charge on any atom is -0.487 e. The fourth-order valence-electron chi connectivity index (χ4n) is 5.15. The molecule has 1 aromatic carbocycles. The Kier molecular flexibility index (Phi) is 7.36. The van der Waals surface area contributed by atoms with Gasteiger partial charge in [0.1, 0.15) is 17.2 Å². The van der Waals surface area contributed by atoms with E-state index in [0.717, 1.165) is 63.6 Å². The summed E-state index contributed by atoms with van der Waals surface area (Å²) in [5.74, 6) is 1.56. The number of nitriles is 1. The van der Waals surface area contributed by atoms with E-state index in [2.05, 4.69) is 15.9 Å². The van der Waals surface area contributed by atoms with Crippen LogP contribution >= 0.6 is 0 Å². The summed E-state index contributed by atoms with van der Waals surface area (Å²) in [5, 5.41) is 9.01. The Morgan fingerprint density at radius 1 is 0.971 bits per heavy atom. The van der Waals surface area contributed by atoms with E-state index in [-0.39, 0.29) is 28.9 Å². The fourth-order valence-corrected chi connectivity index (χ4v) is 5.15. The zero-order valence-corrected chi connectivity index (χ0v) is 21.4. The zero-order valence-electron chi connectivity index (χ0n) is 21.4. The van der Waals surface area contributed by atoms with Crippen LogP contribution in [0, 0.1) is 11.3 Å². The number of hydrogen-bond donors (Lipinski definition) is 0. The molecule has 2 fully saturated rings. The lowest BCUT2D eigenvalue weighted by molar-refractivity contribution is -0.0223. The molecule has 8 heteroatoms. The number of ether oxygens (including phenoxy) is 1. The molecule has 188 valence electrons. The van der Waals surface area contributed by atoms with Crippen LogP contribution in [0.4, 0.5) is 5.82 Å². The Bertz CT molecular complexity index is 1180. The SMILES string of the molecule is CC(C)n1c(N2CCN(CCC3(Oc4ccc(C#N)cc4)CCC3)CC2)cc(=O)n(C(C)C)c1=O. The Hall–Kier alpha value is -3.05. The standard InChI is InChI=1S/C27H37N5O3/c1-20(2)31-24(18-25(33)32(21(3)4)26(31)34)30-16-14-29(15-17-30)13-12-27(10-5-11-27)35-23-8-6-22(19-28)7-9-23/h6-9,18,20-21H,5,10-17H2,1-4H3. The lowest BCUT2D eigenvalue weighted by Crippen LogP contribution is -2.52. The molecule has 0 radical (unpaired) electrons. The molecule has 1 saturated heterocycles. The molecule has 0 bridgehead atoms. The van der Waals surface area contributed by atoms with E-state index in [9.17, 15) is 9.59 Å². The molecule has 1 aromatic heterocycles. The van der Waals surface area contributed by atoms with Crippen LogP contribution in [0.1, 0.15) is 71.0 Å². The third-order valence-electron chi connectivity index (χ3n) is 7.34. The second-order valence-electron chi connectivity index (χ2n) is 10.4. The first-order valence-electron chi connectivity index (χ1n) is 12.8. The summed E-state index contributed by atoms with van der Waals surface area (Å²) >= 11 is 0. The molecule has 0 spiro atoms. The highest BCUT2D eigenvalue weighted by Gasteiger charge is 2.39. The van der Waals surface area contributed by atoms with E-state index in [4.69, 9.17) is 10.00 Å². The van der Waals surface area contributed by atoms with Gasteiger partial charge < -0.3 is 9.64 Å². The van der Waals surface area contributed by atoms with Gasteiger partial charge >= 0.3 is 5.69 Å². The first kappa shape index (κ1) is 25.1. The van der Waals surface area contributed by atoms with Gasteiger partial charge in [-0.3, -0.25) is 18.8 Å². The van der Waals surface area contributed by atoms with Crippen LogP contribution in [0.25, 0.3) is 0 Å². The molecular formula is C27H37N5O3. The fraction of sp³-hybridized carbons (Fsp3) is 0.593. The molecule has 1 saturated carbocycles. The summed E-state index contributed by atoms with van der Waals surface area (Å²) in [7, 11) is 0. The summed E-state index contributed by atoms with van der Waals surface area (Å²) in [6.45, 7) is 12.0. The van der Waals surface area contributed by atoms with Gasteiger partial charge in [-0.15, -0.1) is 0 Å². The van der Waals surface area contributed by atoms with Gasteiger partial charge in [0, 0.05) is 50.9 Å². The van der Waals surface area contributed by atoms with Gasteiger partial charge in [0.2, 0.25) is 0 Å². The largest absolute Gasteiger partial charge is 0.487 e. The molecule has 8 nitrogen and oxygen atoms in total. The van der Waals surface area contributed by atoms with Crippen LogP contribution < -0.4 is 20.9 Å². The summed E-state index contributed by atoms with van der Waals surface area (Å²) in [4.78, 5) is 30.4. The summed E-state index contributed by atoms with van der Waals surface area (Å²) in [6.07, 6.45) is 4.26. The number of benzene rings is 1. The molecule has 0 unspecified atom stereocenters. The number of hydrogen-bond acceptors (Lipinski definition) is 6. The molecule has 35 heavy (non-hydrogen) atoms. The maximum atomic E-state index is 13.1. The summed E-state index contributed by atoms with van der Waals surface area (Å²) in [5.41, 5.74) is 0.0606. The molecule has 4 rings (SSSR count). The number of aromatic nitrogens is 2. The van der Waals surface area contributed by atoms with Crippen LogP contribution in [-0.2, 0) is 0 Å². The average molecular weight is 480 g/mol. The molecule has 1 aliphatic heterocycles. The third-order valence-corrected chi connectivity index (χ3v) is 7.34. The molecule has 1 aliphatic carbocycles. The number of nitrogens with zero attached hydrogens (tertiary/aromatic N) is 5. The highest BCUT2D eigenvalue weighted by atomic mass is 16.5. The Morgan fingerprint density at radius 3 is 2.11 bits per heavy atom. The Balaban J connectivity index is 1.39. The van der Waals surface area contributed by atoms with Crippen molar-refractivity contribution in [3.8, 4) is 11.8 Å². The normalized spacial score (nSPS) is 17.9. The first-order chi connectivity index (χ1) is 16.7. The van der Waals surface area contributed by atoms with Crippen LogP contribution in [0.15, 0.2) is 39.9 Å². The maximum absolute atomic E-state index is 13.1. The molecule has 0 atom stereocenters. The lowest BCUT2D eigenvalue weighted by atomic mass is 9.77. The van der Waals surface area contributed by atoms with Gasteiger partial charge in [-0.05, 0) is 77.6 Å². The van der Waals surface area contributed by atoms with Crippen molar-refractivity contribution in [1.29, 1.82) is 5.26 Å². The summed E-state index contributed by atoms with van der Waals surface area (Å²) < 4.78 is 9.49.